The van der Waals surface area contributed by atoms with Gasteiger partial charge in [-0.15, -0.1) is 0 Å². The number of ether oxygens (including phenoxy) is 2. The van der Waals surface area contributed by atoms with Crippen molar-refractivity contribution in [3.8, 4) is 5.88 Å². The van der Waals surface area contributed by atoms with Gasteiger partial charge < -0.3 is 14.8 Å². The lowest BCUT2D eigenvalue weighted by atomic mass is 9.87. The van der Waals surface area contributed by atoms with Crippen LogP contribution in [0.4, 0.5) is 4.79 Å². The third kappa shape index (κ3) is 9.13. The smallest absolute Gasteiger partial charge is 0.431 e. The molecule has 206 valence electrons. The third-order valence-electron chi connectivity index (χ3n) is 6.45. The van der Waals surface area contributed by atoms with E-state index in [0.717, 1.165) is 24.6 Å². The van der Waals surface area contributed by atoms with Gasteiger partial charge >= 0.3 is 6.16 Å². The van der Waals surface area contributed by atoms with Gasteiger partial charge in [0.05, 0.1) is 10.5 Å². The third-order valence-corrected chi connectivity index (χ3v) is 7.80. The van der Waals surface area contributed by atoms with E-state index in [2.05, 4.69) is 10.3 Å². The normalized spacial score (nSPS) is 14.8. The Hall–Kier alpha value is -3.47. The molecule has 1 fully saturated rings. The Morgan fingerprint density at radius 3 is 2.39 bits per heavy atom. The van der Waals surface area contributed by atoms with Gasteiger partial charge in [0, 0.05) is 25.2 Å². The van der Waals surface area contributed by atoms with Crippen molar-refractivity contribution >= 4 is 28.0 Å². The second-order valence-corrected chi connectivity index (χ2v) is 11.1. The second kappa shape index (κ2) is 13.9. The number of aromatic nitrogens is 1. The largest absolute Gasteiger partial charge is 0.515 e. The summed E-state index contributed by atoms with van der Waals surface area (Å²) >= 11 is 0. The molecule has 1 aliphatic rings. The first-order chi connectivity index (χ1) is 18.2. The molecular weight excluding hydrogens is 510 g/mol. The number of rotatable bonds is 11. The van der Waals surface area contributed by atoms with Crippen LogP contribution in [0.25, 0.3) is 0 Å². The van der Waals surface area contributed by atoms with Crippen LogP contribution in [0, 0.1) is 5.92 Å². The van der Waals surface area contributed by atoms with E-state index in [1.807, 2.05) is 11.6 Å². The van der Waals surface area contributed by atoms with Gasteiger partial charge in [0.1, 0.15) is 6.10 Å². The van der Waals surface area contributed by atoms with E-state index in [1.54, 1.807) is 19.1 Å². The summed E-state index contributed by atoms with van der Waals surface area (Å²) in [6.07, 6.45) is 7.49. The molecule has 0 aliphatic heterocycles. The van der Waals surface area contributed by atoms with Crippen LogP contribution in [0.5, 0.6) is 5.88 Å². The summed E-state index contributed by atoms with van der Waals surface area (Å²) in [7, 11) is -4.12. The molecule has 0 saturated heterocycles. The Labute approximate surface area is 223 Å². The van der Waals surface area contributed by atoms with E-state index in [0.29, 0.717) is 31.7 Å². The summed E-state index contributed by atoms with van der Waals surface area (Å²) in [6, 6.07) is 8.67. The van der Waals surface area contributed by atoms with Crippen molar-refractivity contribution in [2.24, 2.45) is 5.92 Å². The molecule has 11 heteroatoms. The number of amides is 2. The topological polar surface area (TPSA) is 141 Å². The monoisotopic (exact) mass is 545 g/mol. The van der Waals surface area contributed by atoms with Gasteiger partial charge in [0.25, 0.3) is 15.9 Å². The van der Waals surface area contributed by atoms with Crippen molar-refractivity contribution in [3.05, 3.63) is 53.7 Å². The minimum atomic E-state index is -4.12. The van der Waals surface area contributed by atoms with Gasteiger partial charge in [-0.25, -0.2) is 22.9 Å². The quantitative estimate of drug-likeness (QED) is 0.401. The molecular formula is C27H35N3O7S. The summed E-state index contributed by atoms with van der Waals surface area (Å²) in [4.78, 5) is 40.1. The van der Waals surface area contributed by atoms with E-state index < -0.39 is 22.1 Å². The number of benzene rings is 1. The van der Waals surface area contributed by atoms with Gasteiger partial charge in [0.2, 0.25) is 11.8 Å². The molecule has 1 aromatic carbocycles. The molecule has 1 aromatic heterocycles. The predicted molar refractivity (Wildman–Crippen MR) is 140 cm³/mol. The summed E-state index contributed by atoms with van der Waals surface area (Å²) in [6.45, 7) is 4.04. The first-order valence-corrected chi connectivity index (χ1v) is 14.4. The van der Waals surface area contributed by atoms with Crippen LogP contribution in [0.2, 0.25) is 0 Å². The van der Waals surface area contributed by atoms with Crippen molar-refractivity contribution in [2.45, 2.75) is 76.2 Å². The molecule has 0 unspecified atom stereocenters. The first kappa shape index (κ1) is 29.1. The maximum absolute atomic E-state index is 12.7. The van der Waals surface area contributed by atoms with Gasteiger partial charge in [-0.2, -0.15) is 0 Å². The fourth-order valence-electron chi connectivity index (χ4n) is 4.08. The molecule has 0 bridgehead atoms. The number of carbonyl (C=O) groups excluding carboxylic acids is 3. The Morgan fingerprint density at radius 1 is 1.05 bits per heavy atom. The van der Waals surface area contributed by atoms with Gasteiger partial charge in [0.15, 0.2) is 0 Å². The number of pyridine rings is 1. The average molecular weight is 546 g/mol. The van der Waals surface area contributed by atoms with Crippen LogP contribution in [0.15, 0.2) is 47.5 Å². The summed E-state index contributed by atoms with van der Waals surface area (Å²) < 4.78 is 37.3. The lowest BCUT2D eigenvalue weighted by molar-refractivity contribution is -0.122. The van der Waals surface area contributed by atoms with Crippen LogP contribution in [-0.4, -0.2) is 44.0 Å². The van der Waals surface area contributed by atoms with Crippen LogP contribution in [-0.2, 0) is 26.0 Å². The zero-order valence-corrected chi connectivity index (χ0v) is 22.6. The number of sulfonamides is 1. The molecule has 0 radical (unpaired) electrons. The van der Waals surface area contributed by atoms with Crippen molar-refractivity contribution in [3.63, 3.8) is 0 Å². The molecule has 2 amide bonds. The number of hydrogen-bond donors (Lipinski definition) is 2. The van der Waals surface area contributed by atoms with Crippen molar-refractivity contribution in [2.75, 3.05) is 6.54 Å². The Kier molecular flexibility index (Phi) is 10.6. The average Bonchev–Trinajstić information content (AvgIpc) is 2.89. The highest BCUT2D eigenvalue weighted by Gasteiger charge is 2.20. The van der Waals surface area contributed by atoms with Crippen LogP contribution in [0.3, 0.4) is 0 Å². The second-order valence-electron chi connectivity index (χ2n) is 9.46. The standard InChI is InChI=1S/C27H35N3O7S/c1-3-19(2)36-27(33)37-25-14-11-22(18-29-25)26(32)30-38(34,35)23-12-9-20(10-13-23)15-16-28-24(31)17-21-7-5-4-6-8-21/h9-14,18-19,21H,3-8,15-17H2,1-2H3,(H,28,31)(H,30,32)/t19-/m1/s1. The van der Waals surface area contributed by atoms with Crippen molar-refractivity contribution in [1.82, 2.24) is 15.0 Å². The van der Waals surface area contributed by atoms with E-state index in [1.165, 1.54) is 43.5 Å². The van der Waals surface area contributed by atoms with Gasteiger partial charge in [-0.05, 0) is 62.3 Å². The summed E-state index contributed by atoms with van der Waals surface area (Å²) in [5, 5.41) is 2.94. The van der Waals surface area contributed by atoms with E-state index >= 15 is 0 Å². The number of nitrogens with one attached hydrogen (secondary N) is 2. The number of nitrogens with zero attached hydrogens (tertiary/aromatic N) is 1. The first-order valence-electron chi connectivity index (χ1n) is 12.9. The SMILES string of the molecule is CC[C@@H](C)OC(=O)Oc1ccc(C(=O)NS(=O)(=O)c2ccc(CCNC(=O)CC3CCCCC3)cc2)cn1. The Balaban J connectivity index is 1.47. The van der Waals surface area contributed by atoms with Crippen LogP contribution in [0.1, 0.15) is 74.7 Å². The highest BCUT2D eigenvalue weighted by atomic mass is 32.2. The molecule has 38 heavy (non-hydrogen) atoms. The zero-order chi connectivity index (χ0) is 27.5. The fourth-order valence-corrected chi connectivity index (χ4v) is 5.05. The lowest BCUT2D eigenvalue weighted by Crippen LogP contribution is -2.30. The predicted octanol–water partition coefficient (Wildman–Crippen LogP) is 4.14. The van der Waals surface area contributed by atoms with Gasteiger partial charge in [-0.3, -0.25) is 9.59 Å². The molecule has 1 saturated carbocycles. The number of carbonyl (C=O) groups is 3. The molecule has 1 heterocycles. The molecule has 1 atom stereocenters. The van der Waals surface area contributed by atoms with Crippen molar-refractivity contribution < 1.29 is 32.3 Å². The molecule has 10 nitrogen and oxygen atoms in total. The summed E-state index contributed by atoms with van der Waals surface area (Å²) in [5.74, 6) is -0.433. The molecule has 3 rings (SSSR count). The van der Waals surface area contributed by atoms with E-state index in [9.17, 15) is 22.8 Å². The Bertz CT molecular complexity index is 1190. The maximum Gasteiger partial charge on any atom is 0.515 e. The Morgan fingerprint density at radius 2 is 1.76 bits per heavy atom. The number of hydrogen-bond acceptors (Lipinski definition) is 8. The lowest BCUT2D eigenvalue weighted by Gasteiger charge is -2.20. The summed E-state index contributed by atoms with van der Waals surface area (Å²) in [5.41, 5.74) is 0.830. The zero-order valence-electron chi connectivity index (χ0n) is 21.8. The molecule has 1 aliphatic carbocycles. The highest BCUT2D eigenvalue weighted by molar-refractivity contribution is 7.90. The van der Waals surface area contributed by atoms with Crippen molar-refractivity contribution in [1.29, 1.82) is 0 Å². The van der Waals surface area contributed by atoms with Crippen LogP contribution < -0.4 is 14.8 Å². The molecule has 2 N–H and O–H groups in total. The molecule has 2 aromatic rings. The minimum absolute atomic E-state index is 0.0307. The minimum Gasteiger partial charge on any atom is -0.431 e. The highest BCUT2D eigenvalue weighted by Crippen LogP contribution is 2.26. The maximum atomic E-state index is 12.7. The van der Waals surface area contributed by atoms with Gasteiger partial charge in [-0.1, -0.05) is 38.3 Å². The van der Waals surface area contributed by atoms with E-state index in [-0.39, 0.29) is 28.4 Å². The van der Waals surface area contributed by atoms with E-state index in [4.69, 9.17) is 9.47 Å². The molecule has 0 spiro atoms. The fraction of sp³-hybridized carbons (Fsp3) is 0.481. The van der Waals surface area contributed by atoms with Crippen LogP contribution >= 0.6 is 0 Å².